The van der Waals surface area contributed by atoms with Crippen LogP contribution in [0.3, 0.4) is 0 Å². The molecule has 3 rings (SSSR count). The minimum absolute atomic E-state index is 0.0410. The van der Waals surface area contributed by atoms with Gasteiger partial charge in [0.15, 0.2) is 9.84 Å². The van der Waals surface area contributed by atoms with Crippen LogP contribution in [-0.2, 0) is 14.6 Å². The van der Waals surface area contributed by atoms with Crippen molar-refractivity contribution in [3.63, 3.8) is 0 Å². The molecule has 122 valence electrons. The summed E-state index contributed by atoms with van der Waals surface area (Å²) in [6, 6.07) is 7.63. The molecule has 1 aliphatic heterocycles. The Labute approximate surface area is 135 Å². The molecule has 0 bridgehead atoms. The van der Waals surface area contributed by atoms with Gasteiger partial charge in [-0.1, -0.05) is 12.1 Å². The third-order valence-electron chi connectivity index (χ3n) is 4.13. The maximum atomic E-state index is 12.2. The molecule has 1 aromatic heterocycles. The molecule has 2 aromatic rings. The van der Waals surface area contributed by atoms with Crippen LogP contribution in [0, 0.1) is 5.92 Å². The zero-order valence-electron chi connectivity index (χ0n) is 12.8. The summed E-state index contributed by atoms with van der Waals surface area (Å²) in [6.45, 7) is 1.90. The first-order chi connectivity index (χ1) is 10.9. The van der Waals surface area contributed by atoms with Crippen molar-refractivity contribution in [2.24, 2.45) is 5.92 Å². The number of nitrogens with zero attached hydrogens (tertiary/aromatic N) is 2. The predicted octanol–water partition coefficient (Wildman–Crippen LogP) is 1.48. The molecular weight excluding hydrogens is 314 g/mol. The number of amides is 1. The molecule has 23 heavy (non-hydrogen) atoms. The predicted molar refractivity (Wildman–Crippen MR) is 86.9 cm³/mol. The SMILES string of the molecule is C[C@@H](NC(=O)[C@@H]1CCS(=O)(=O)C1)c1cccc(-n2ccnc2)c1. The highest BCUT2D eigenvalue weighted by atomic mass is 32.2. The van der Waals surface area contributed by atoms with E-state index >= 15 is 0 Å². The summed E-state index contributed by atoms with van der Waals surface area (Å²) in [4.78, 5) is 16.3. The lowest BCUT2D eigenvalue weighted by Crippen LogP contribution is -2.33. The Morgan fingerprint density at radius 3 is 2.91 bits per heavy atom. The zero-order chi connectivity index (χ0) is 16.4. The molecule has 2 atom stereocenters. The van der Waals surface area contributed by atoms with Crippen LogP contribution in [0.25, 0.3) is 5.69 Å². The van der Waals surface area contributed by atoms with Gasteiger partial charge in [-0.3, -0.25) is 4.79 Å². The summed E-state index contributed by atoms with van der Waals surface area (Å²) < 4.78 is 24.9. The first kappa shape index (κ1) is 15.7. The highest BCUT2D eigenvalue weighted by Gasteiger charge is 2.33. The van der Waals surface area contributed by atoms with E-state index in [2.05, 4.69) is 10.3 Å². The Kier molecular flexibility index (Phi) is 4.21. The van der Waals surface area contributed by atoms with Gasteiger partial charge >= 0.3 is 0 Å². The molecule has 0 unspecified atom stereocenters. The third-order valence-corrected chi connectivity index (χ3v) is 5.90. The van der Waals surface area contributed by atoms with E-state index in [0.29, 0.717) is 6.42 Å². The van der Waals surface area contributed by atoms with E-state index in [0.717, 1.165) is 11.3 Å². The molecular formula is C16H19N3O3S. The summed E-state index contributed by atoms with van der Waals surface area (Å²) in [7, 11) is -3.05. The number of carbonyl (C=O) groups is 1. The largest absolute Gasteiger partial charge is 0.349 e. The summed E-state index contributed by atoms with van der Waals surface area (Å²) in [6.07, 6.45) is 5.69. The maximum Gasteiger partial charge on any atom is 0.224 e. The zero-order valence-corrected chi connectivity index (χ0v) is 13.7. The third kappa shape index (κ3) is 3.61. The summed E-state index contributed by atoms with van der Waals surface area (Å²) in [5.74, 6) is -0.554. The van der Waals surface area contributed by atoms with Crippen LogP contribution in [0.2, 0.25) is 0 Å². The van der Waals surface area contributed by atoms with Crippen LogP contribution in [0.1, 0.15) is 24.9 Å². The van der Waals surface area contributed by atoms with Crippen LogP contribution in [-0.4, -0.2) is 35.4 Å². The number of sulfone groups is 1. The molecule has 7 heteroatoms. The fraction of sp³-hybridized carbons (Fsp3) is 0.375. The Morgan fingerprint density at radius 2 is 2.26 bits per heavy atom. The van der Waals surface area contributed by atoms with Gasteiger partial charge in [-0.05, 0) is 31.0 Å². The Bertz CT molecular complexity index is 800. The van der Waals surface area contributed by atoms with Gasteiger partial charge in [-0.25, -0.2) is 13.4 Å². The second kappa shape index (κ2) is 6.16. The van der Waals surface area contributed by atoms with Gasteiger partial charge in [-0.15, -0.1) is 0 Å². The summed E-state index contributed by atoms with van der Waals surface area (Å²) in [5.41, 5.74) is 1.93. The monoisotopic (exact) mass is 333 g/mol. The van der Waals surface area contributed by atoms with Crippen molar-refractivity contribution in [3.8, 4) is 5.69 Å². The van der Waals surface area contributed by atoms with Gasteiger partial charge in [0.1, 0.15) is 0 Å². The van der Waals surface area contributed by atoms with Gasteiger partial charge in [-0.2, -0.15) is 0 Å². The number of hydrogen-bond acceptors (Lipinski definition) is 4. The fourth-order valence-corrected chi connectivity index (χ4v) is 4.52. The number of rotatable bonds is 4. The van der Waals surface area contributed by atoms with Crippen molar-refractivity contribution in [3.05, 3.63) is 48.5 Å². The minimum Gasteiger partial charge on any atom is -0.349 e. The van der Waals surface area contributed by atoms with Crippen LogP contribution in [0.4, 0.5) is 0 Å². The quantitative estimate of drug-likeness (QED) is 0.919. The normalized spacial score (nSPS) is 21.0. The number of imidazole rings is 1. The molecule has 1 amide bonds. The number of aromatic nitrogens is 2. The lowest BCUT2D eigenvalue weighted by Gasteiger charge is -2.17. The molecule has 0 aliphatic carbocycles. The van der Waals surface area contributed by atoms with E-state index < -0.39 is 15.8 Å². The number of hydrogen-bond donors (Lipinski definition) is 1. The van der Waals surface area contributed by atoms with Gasteiger partial charge in [0.25, 0.3) is 0 Å². The lowest BCUT2D eigenvalue weighted by atomic mass is 10.0. The highest BCUT2D eigenvalue weighted by Crippen LogP contribution is 2.21. The van der Waals surface area contributed by atoms with Crippen LogP contribution >= 0.6 is 0 Å². The van der Waals surface area contributed by atoms with Crippen molar-refractivity contribution in [2.75, 3.05) is 11.5 Å². The average molecular weight is 333 g/mol. The van der Waals surface area contributed by atoms with Gasteiger partial charge in [0.2, 0.25) is 5.91 Å². The average Bonchev–Trinajstić information content (AvgIpc) is 3.16. The van der Waals surface area contributed by atoms with Crippen LogP contribution in [0.5, 0.6) is 0 Å². The summed E-state index contributed by atoms with van der Waals surface area (Å²) >= 11 is 0. The van der Waals surface area contributed by atoms with Gasteiger partial charge in [0, 0.05) is 18.1 Å². The topological polar surface area (TPSA) is 81.1 Å². The Hall–Kier alpha value is -2.15. The first-order valence-electron chi connectivity index (χ1n) is 7.54. The van der Waals surface area contributed by atoms with E-state index in [9.17, 15) is 13.2 Å². The molecule has 2 heterocycles. The van der Waals surface area contributed by atoms with Crippen molar-refractivity contribution in [2.45, 2.75) is 19.4 Å². The van der Waals surface area contributed by atoms with E-state index in [1.807, 2.05) is 42.0 Å². The van der Waals surface area contributed by atoms with Gasteiger partial charge in [0.05, 0.1) is 29.8 Å². The second-order valence-electron chi connectivity index (χ2n) is 5.90. The smallest absolute Gasteiger partial charge is 0.224 e. The van der Waals surface area contributed by atoms with Crippen molar-refractivity contribution in [1.29, 1.82) is 0 Å². The van der Waals surface area contributed by atoms with Crippen LogP contribution in [0.15, 0.2) is 43.0 Å². The van der Waals surface area contributed by atoms with Gasteiger partial charge < -0.3 is 9.88 Å². The van der Waals surface area contributed by atoms with Crippen molar-refractivity contribution < 1.29 is 13.2 Å². The number of benzene rings is 1. The Balaban J connectivity index is 1.70. The van der Waals surface area contributed by atoms with E-state index in [4.69, 9.17) is 0 Å². The molecule has 1 fully saturated rings. The van der Waals surface area contributed by atoms with E-state index in [1.54, 1.807) is 12.5 Å². The van der Waals surface area contributed by atoms with Crippen molar-refractivity contribution in [1.82, 2.24) is 14.9 Å². The van der Waals surface area contributed by atoms with E-state index in [1.165, 1.54) is 0 Å². The standard InChI is InChI=1S/C16H19N3O3S/c1-12(18-16(20)14-5-8-23(21,22)10-14)13-3-2-4-15(9-13)19-7-6-17-11-19/h2-4,6-7,9,11-12,14H,5,8,10H2,1H3,(H,18,20)/t12-,14-/m1/s1. The lowest BCUT2D eigenvalue weighted by molar-refractivity contribution is -0.124. The van der Waals surface area contributed by atoms with Crippen LogP contribution < -0.4 is 5.32 Å². The molecule has 6 nitrogen and oxygen atoms in total. The van der Waals surface area contributed by atoms with Crippen molar-refractivity contribution >= 4 is 15.7 Å². The molecule has 1 aromatic carbocycles. The van der Waals surface area contributed by atoms with E-state index in [-0.39, 0.29) is 23.5 Å². The Morgan fingerprint density at radius 1 is 1.43 bits per heavy atom. The second-order valence-corrected chi connectivity index (χ2v) is 8.12. The molecule has 1 N–H and O–H groups in total. The molecule has 1 aliphatic rings. The molecule has 1 saturated heterocycles. The molecule has 0 saturated carbocycles. The molecule has 0 spiro atoms. The highest BCUT2D eigenvalue weighted by molar-refractivity contribution is 7.91. The fourth-order valence-electron chi connectivity index (χ4n) is 2.78. The summed E-state index contributed by atoms with van der Waals surface area (Å²) in [5, 5.41) is 2.92. The minimum atomic E-state index is -3.05. The maximum absolute atomic E-state index is 12.2. The number of carbonyl (C=O) groups excluding carboxylic acids is 1. The first-order valence-corrected chi connectivity index (χ1v) is 9.36. The number of nitrogens with one attached hydrogen (secondary N) is 1. The molecule has 0 radical (unpaired) electrons.